The maximum absolute atomic E-state index is 9.68. The Morgan fingerprint density at radius 2 is 2.00 bits per heavy atom. The second kappa shape index (κ2) is 4.39. The van der Waals surface area contributed by atoms with E-state index in [4.69, 9.17) is 4.74 Å². The molecule has 0 aliphatic carbocycles. The number of piperidine rings is 1. The lowest BCUT2D eigenvalue weighted by molar-refractivity contribution is 0.220. The van der Waals surface area contributed by atoms with Crippen LogP contribution in [0.3, 0.4) is 0 Å². The van der Waals surface area contributed by atoms with Gasteiger partial charge >= 0.3 is 0 Å². The van der Waals surface area contributed by atoms with Gasteiger partial charge in [0.05, 0.1) is 6.61 Å². The number of rotatable bonds is 0. The van der Waals surface area contributed by atoms with Crippen LogP contribution in [0.15, 0.2) is 12.1 Å². The van der Waals surface area contributed by atoms with Crippen molar-refractivity contribution >= 4 is 12.4 Å². The highest BCUT2D eigenvalue weighted by atomic mass is 35.5. The molecule has 94 valence electrons. The number of benzene rings is 1. The van der Waals surface area contributed by atoms with E-state index in [1.807, 2.05) is 13.0 Å². The van der Waals surface area contributed by atoms with Crippen LogP contribution < -0.4 is 10.1 Å². The summed E-state index contributed by atoms with van der Waals surface area (Å²) >= 11 is 0. The van der Waals surface area contributed by atoms with Gasteiger partial charge < -0.3 is 15.2 Å². The molecule has 1 fully saturated rings. The van der Waals surface area contributed by atoms with Crippen molar-refractivity contribution in [1.29, 1.82) is 0 Å². The zero-order valence-corrected chi connectivity index (χ0v) is 10.8. The van der Waals surface area contributed by atoms with Crippen LogP contribution in [0.2, 0.25) is 0 Å². The number of aromatic hydroxyl groups is 1. The van der Waals surface area contributed by atoms with Gasteiger partial charge in [-0.1, -0.05) is 6.07 Å². The summed E-state index contributed by atoms with van der Waals surface area (Å²) in [6.07, 6.45) is 2.26. The zero-order valence-electron chi connectivity index (χ0n) is 9.95. The summed E-state index contributed by atoms with van der Waals surface area (Å²) < 4.78 is 5.82. The molecule has 2 aliphatic heterocycles. The number of halogens is 1. The summed E-state index contributed by atoms with van der Waals surface area (Å²) in [5.74, 6) is 1.26. The van der Waals surface area contributed by atoms with Crippen molar-refractivity contribution in [3.63, 3.8) is 0 Å². The molecule has 0 atom stereocenters. The molecule has 0 saturated carbocycles. The van der Waals surface area contributed by atoms with Crippen molar-refractivity contribution in [2.75, 3.05) is 19.7 Å². The molecule has 4 heteroatoms. The van der Waals surface area contributed by atoms with Crippen LogP contribution in [0.5, 0.6) is 11.5 Å². The standard InChI is InChI=1S/C13H17NO2.ClH/c1-9-11(15)3-2-10-12(9)16-8-13(10)4-6-14-7-5-13;/h2-3,14-15H,4-8H2,1H3;1H. The van der Waals surface area contributed by atoms with Crippen molar-refractivity contribution in [3.8, 4) is 11.5 Å². The largest absolute Gasteiger partial charge is 0.508 e. The van der Waals surface area contributed by atoms with Gasteiger partial charge in [-0.05, 0) is 38.9 Å². The molecule has 0 amide bonds. The van der Waals surface area contributed by atoms with Crippen LogP contribution in [0.4, 0.5) is 0 Å². The normalized spacial score (nSPS) is 20.5. The summed E-state index contributed by atoms with van der Waals surface area (Å²) in [4.78, 5) is 0. The first-order valence-electron chi connectivity index (χ1n) is 5.89. The molecule has 2 N–H and O–H groups in total. The Labute approximate surface area is 108 Å². The monoisotopic (exact) mass is 255 g/mol. The highest BCUT2D eigenvalue weighted by molar-refractivity contribution is 5.85. The van der Waals surface area contributed by atoms with Crippen LogP contribution in [0.1, 0.15) is 24.0 Å². The van der Waals surface area contributed by atoms with Crippen LogP contribution in [-0.4, -0.2) is 24.8 Å². The van der Waals surface area contributed by atoms with E-state index in [2.05, 4.69) is 5.32 Å². The van der Waals surface area contributed by atoms with Gasteiger partial charge in [0.1, 0.15) is 11.5 Å². The molecule has 1 saturated heterocycles. The summed E-state index contributed by atoms with van der Waals surface area (Å²) in [7, 11) is 0. The average molecular weight is 256 g/mol. The van der Waals surface area contributed by atoms with E-state index in [1.165, 1.54) is 5.56 Å². The fourth-order valence-electron chi connectivity index (χ4n) is 2.89. The summed E-state index contributed by atoms with van der Waals surface area (Å²) in [6, 6.07) is 3.84. The number of phenols is 1. The fraction of sp³-hybridized carbons (Fsp3) is 0.538. The molecule has 1 aromatic rings. The first-order chi connectivity index (χ1) is 7.73. The van der Waals surface area contributed by atoms with Crippen molar-refractivity contribution in [2.45, 2.75) is 25.2 Å². The van der Waals surface area contributed by atoms with Gasteiger partial charge in [-0.15, -0.1) is 12.4 Å². The van der Waals surface area contributed by atoms with Gasteiger partial charge in [0, 0.05) is 16.5 Å². The Balaban J connectivity index is 0.00000108. The summed E-state index contributed by atoms with van der Waals surface area (Å²) in [5.41, 5.74) is 2.37. The maximum atomic E-state index is 9.68. The van der Waals surface area contributed by atoms with Crippen LogP contribution in [0.25, 0.3) is 0 Å². The number of hydrogen-bond donors (Lipinski definition) is 2. The lowest BCUT2D eigenvalue weighted by Gasteiger charge is -2.32. The van der Waals surface area contributed by atoms with E-state index in [0.717, 1.165) is 43.9 Å². The minimum absolute atomic E-state index is 0. The van der Waals surface area contributed by atoms with E-state index in [9.17, 15) is 5.11 Å². The number of phenolic OH excluding ortho intramolecular Hbond substituents is 1. The third-order valence-corrected chi connectivity index (χ3v) is 4.00. The quantitative estimate of drug-likeness (QED) is 0.746. The van der Waals surface area contributed by atoms with Gasteiger partial charge in [0.2, 0.25) is 0 Å². The minimum atomic E-state index is 0. The summed E-state index contributed by atoms with van der Waals surface area (Å²) in [6.45, 7) is 4.81. The summed E-state index contributed by atoms with van der Waals surface area (Å²) in [5, 5.41) is 13.1. The Morgan fingerprint density at radius 1 is 1.29 bits per heavy atom. The molecule has 0 aromatic heterocycles. The fourth-order valence-corrected chi connectivity index (χ4v) is 2.89. The molecule has 0 radical (unpaired) electrons. The van der Waals surface area contributed by atoms with Crippen LogP contribution in [-0.2, 0) is 5.41 Å². The van der Waals surface area contributed by atoms with Crippen LogP contribution >= 0.6 is 12.4 Å². The molecule has 17 heavy (non-hydrogen) atoms. The number of fused-ring (bicyclic) bond motifs is 2. The molecule has 3 rings (SSSR count). The van der Waals surface area contributed by atoms with E-state index in [-0.39, 0.29) is 17.8 Å². The number of hydrogen-bond acceptors (Lipinski definition) is 3. The van der Waals surface area contributed by atoms with Gasteiger partial charge in [0.15, 0.2) is 0 Å². The molecule has 1 spiro atoms. The Hall–Kier alpha value is -0.930. The lowest BCUT2D eigenvalue weighted by atomic mass is 9.74. The van der Waals surface area contributed by atoms with Gasteiger partial charge in [0.25, 0.3) is 0 Å². The lowest BCUT2D eigenvalue weighted by Crippen LogP contribution is -2.40. The van der Waals surface area contributed by atoms with Crippen molar-refractivity contribution in [1.82, 2.24) is 5.32 Å². The molecule has 1 aromatic carbocycles. The smallest absolute Gasteiger partial charge is 0.129 e. The predicted octanol–water partition coefficient (Wildman–Crippen LogP) is 2.14. The third-order valence-electron chi connectivity index (χ3n) is 4.00. The van der Waals surface area contributed by atoms with Crippen molar-refractivity contribution in [3.05, 3.63) is 23.3 Å². The van der Waals surface area contributed by atoms with Gasteiger partial charge in [-0.25, -0.2) is 0 Å². The average Bonchev–Trinajstić information content (AvgIpc) is 2.65. The first-order valence-corrected chi connectivity index (χ1v) is 5.89. The molecule has 3 nitrogen and oxygen atoms in total. The highest BCUT2D eigenvalue weighted by Gasteiger charge is 2.42. The van der Waals surface area contributed by atoms with Crippen molar-refractivity contribution in [2.24, 2.45) is 0 Å². The van der Waals surface area contributed by atoms with Crippen molar-refractivity contribution < 1.29 is 9.84 Å². The first kappa shape index (κ1) is 12.5. The number of nitrogens with one attached hydrogen (secondary N) is 1. The molecular weight excluding hydrogens is 238 g/mol. The minimum Gasteiger partial charge on any atom is -0.508 e. The second-order valence-electron chi connectivity index (χ2n) is 4.91. The van der Waals surface area contributed by atoms with Gasteiger partial charge in [-0.2, -0.15) is 0 Å². The topological polar surface area (TPSA) is 41.5 Å². The Bertz CT molecular complexity index is 428. The second-order valence-corrected chi connectivity index (χ2v) is 4.91. The Morgan fingerprint density at radius 3 is 2.71 bits per heavy atom. The molecule has 0 bridgehead atoms. The van der Waals surface area contributed by atoms with E-state index in [1.54, 1.807) is 6.07 Å². The molecule has 0 unspecified atom stereocenters. The Kier molecular flexibility index (Phi) is 3.23. The highest BCUT2D eigenvalue weighted by Crippen LogP contribution is 2.47. The predicted molar refractivity (Wildman–Crippen MR) is 69.4 cm³/mol. The zero-order chi connectivity index (χ0) is 11.2. The van der Waals surface area contributed by atoms with E-state index < -0.39 is 0 Å². The van der Waals surface area contributed by atoms with Crippen LogP contribution in [0, 0.1) is 6.92 Å². The molecule has 2 aliphatic rings. The SMILES string of the molecule is Cc1c(O)ccc2c1OCC21CCNCC1.Cl. The van der Waals surface area contributed by atoms with Gasteiger partial charge in [-0.3, -0.25) is 0 Å². The molecule has 2 heterocycles. The van der Waals surface area contributed by atoms with E-state index in [0.29, 0.717) is 5.75 Å². The maximum Gasteiger partial charge on any atom is 0.129 e. The molecular formula is C13H18ClNO2. The third kappa shape index (κ3) is 1.78. The van der Waals surface area contributed by atoms with E-state index >= 15 is 0 Å². The number of ether oxygens (including phenoxy) is 1.